The van der Waals surface area contributed by atoms with E-state index >= 15 is 0 Å². The van der Waals surface area contributed by atoms with E-state index in [1.54, 1.807) is 16.8 Å². The van der Waals surface area contributed by atoms with Crippen molar-refractivity contribution in [1.82, 2.24) is 14.9 Å². The highest BCUT2D eigenvalue weighted by Crippen LogP contribution is 2.37. The second-order valence-corrected chi connectivity index (χ2v) is 7.53. The largest absolute Gasteiger partial charge is 0.325 e. The van der Waals surface area contributed by atoms with Gasteiger partial charge in [-0.25, -0.2) is 9.07 Å². The van der Waals surface area contributed by atoms with E-state index in [9.17, 15) is 9.18 Å². The summed E-state index contributed by atoms with van der Waals surface area (Å²) in [6.45, 7) is 3.80. The molecule has 2 atom stereocenters. The van der Waals surface area contributed by atoms with E-state index in [1.165, 1.54) is 23.9 Å². The average molecular weight is 383 g/mol. The molecule has 8 heteroatoms. The minimum Gasteiger partial charge on any atom is -0.325 e. The standard InChI is InChI=1S/C19H18FN5OS/c1-11-4-3-5-15(10-11)21-18(26)17-16(13-6-8-14(20)9-7-13)24-25-12(2)22-23-19(25)27-17/h3-10,16-17,24H,1-2H3,(H,21,26)/t16-,17-/m0/s1. The lowest BCUT2D eigenvalue weighted by Gasteiger charge is -2.32. The Labute approximate surface area is 160 Å². The highest BCUT2D eigenvalue weighted by Gasteiger charge is 2.37. The summed E-state index contributed by atoms with van der Waals surface area (Å²) >= 11 is 1.34. The maximum absolute atomic E-state index is 13.4. The first-order chi connectivity index (χ1) is 13.0. The zero-order chi connectivity index (χ0) is 19.0. The predicted octanol–water partition coefficient (Wildman–Crippen LogP) is 3.43. The first kappa shape index (κ1) is 17.5. The summed E-state index contributed by atoms with van der Waals surface area (Å²) in [4.78, 5) is 13.0. The van der Waals surface area contributed by atoms with Crippen molar-refractivity contribution < 1.29 is 9.18 Å². The SMILES string of the molecule is Cc1cccc(NC(=O)[C@H]2Sc3nnc(C)n3N[C@H]2c2ccc(F)cc2)c1. The van der Waals surface area contributed by atoms with Crippen LogP contribution in [0.1, 0.15) is 23.0 Å². The first-order valence-corrected chi connectivity index (χ1v) is 9.37. The van der Waals surface area contributed by atoms with Gasteiger partial charge in [-0.3, -0.25) is 4.79 Å². The molecule has 6 nitrogen and oxygen atoms in total. The maximum atomic E-state index is 13.4. The molecule has 0 radical (unpaired) electrons. The van der Waals surface area contributed by atoms with Crippen molar-refractivity contribution in [3.63, 3.8) is 0 Å². The summed E-state index contributed by atoms with van der Waals surface area (Å²) < 4.78 is 15.1. The van der Waals surface area contributed by atoms with Gasteiger partial charge in [0.05, 0.1) is 6.04 Å². The summed E-state index contributed by atoms with van der Waals surface area (Å²) in [5.41, 5.74) is 5.91. The molecule has 1 aliphatic rings. The minimum absolute atomic E-state index is 0.153. The zero-order valence-electron chi connectivity index (χ0n) is 14.8. The van der Waals surface area contributed by atoms with Gasteiger partial charge < -0.3 is 10.7 Å². The maximum Gasteiger partial charge on any atom is 0.240 e. The summed E-state index contributed by atoms with van der Waals surface area (Å²) in [6, 6.07) is 13.4. The number of nitrogens with one attached hydrogen (secondary N) is 2. The van der Waals surface area contributed by atoms with Gasteiger partial charge in [0.15, 0.2) is 0 Å². The molecule has 0 saturated heterocycles. The van der Waals surface area contributed by atoms with Gasteiger partial charge in [-0.15, -0.1) is 10.2 Å². The number of rotatable bonds is 3. The Morgan fingerprint density at radius 1 is 1.19 bits per heavy atom. The highest BCUT2D eigenvalue weighted by atomic mass is 32.2. The van der Waals surface area contributed by atoms with Crippen molar-refractivity contribution in [2.45, 2.75) is 30.3 Å². The Bertz CT molecular complexity index is 988. The fourth-order valence-electron chi connectivity index (χ4n) is 3.02. The number of thioether (sulfide) groups is 1. The van der Waals surface area contributed by atoms with Crippen LogP contribution < -0.4 is 10.7 Å². The van der Waals surface area contributed by atoms with Gasteiger partial charge in [0.25, 0.3) is 0 Å². The number of carbonyl (C=O) groups is 1. The van der Waals surface area contributed by atoms with Gasteiger partial charge in [-0.1, -0.05) is 36.0 Å². The average Bonchev–Trinajstić information content (AvgIpc) is 3.02. The number of anilines is 1. The van der Waals surface area contributed by atoms with Crippen molar-refractivity contribution >= 4 is 23.4 Å². The normalized spacial score (nSPS) is 18.5. The van der Waals surface area contributed by atoms with Crippen molar-refractivity contribution in [3.8, 4) is 0 Å². The number of aromatic nitrogens is 3. The molecule has 2 N–H and O–H groups in total. The first-order valence-electron chi connectivity index (χ1n) is 8.49. The van der Waals surface area contributed by atoms with Crippen LogP contribution in [0.4, 0.5) is 10.1 Å². The molecule has 27 heavy (non-hydrogen) atoms. The number of hydrogen-bond acceptors (Lipinski definition) is 5. The van der Waals surface area contributed by atoms with Crippen LogP contribution in [0.15, 0.2) is 53.7 Å². The van der Waals surface area contributed by atoms with Crippen LogP contribution in [0.25, 0.3) is 0 Å². The predicted molar refractivity (Wildman–Crippen MR) is 103 cm³/mol. The van der Waals surface area contributed by atoms with E-state index in [0.29, 0.717) is 11.0 Å². The van der Waals surface area contributed by atoms with Gasteiger partial charge in [0, 0.05) is 5.69 Å². The molecule has 4 rings (SSSR count). The second-order valence-electron chi connectivity index (χ2n) is 6.42. The van der Waals surface area contributed by atoms with Crippen molar-refractivity contribution in [2.24, 2.45) is 0 Å². The molecule has 0 spiro atoms. The van der Waals surface area contributed by atoms with Crippen LogP contribution in [0.5, 0.6) is 0 Å². The van der Waals surface area contributed by atoms with Crippen LogP contribution in [0, 0.1) is 19.7 Å². The lowest BCUT2D eigenvalue weighted by molar-refractivity contribution is -0.116. The fourth-order valence-corrected chi connectivity index (χ4v) is 4.14. The van der Waals surface area contributed by atoms with Crippen LogP contribution in [0.2, 0.25) is 0 Å². The number of amides is 1. The number of aryl methyl sites for hydroxylation is 2. The Hall–Kier alpha value is -2.87. The lowest BCUT2D eigenvalue weighted by atomic mass is 10.0. The molecule has 0 bridgehead atoms. The van der Waals surface area contributed by atoms with E-state index in [4.69, 9.17) is 0 Å². The third-order valence-electron chi connectivity index (χ3n) is 4.37. The van der Waals surface area contributed by atoms with Gasteiger partial charge in [-0.2, -0.15) is 0 Å². The molecule has 3 aromatic rings. The molecule has 2 aromatic carbocycles. The van der Waals surface area contributed by atoms with E-state index in [-0.39, 0.29) is 17.8 Å². The van der Waals surface area contributed by atoms with Gasteiger partial charge in [0.2, 0.25) is 11.1 Å². The minimum atomic E-state index is -0.493. The molecular weight excluding hydrogens is 365 g/mol. The Morgan fingerprint density at radius 3 is 2.70 bits per heavy atom. The monoisotopic (exact) mass is 383 g/mol. The molecule has 2 heterocycles. The number of halogens is 1. The Morgan fingerprint density at radius 2 is 1.96 bits per heavy atom. The number of benzene rings is 2. The van der Waals surface area contributed by atoms with E-state index in [0.717, 1.165) is 16.8 Å². The molecule has 1 amide bonds. The third kappa shape index (κ3) is 3.52. The molecular formula is C19H18FN5OS. The molecule has 1 aromatic heterocycles. The molecule has 0 unspecified atom stereocenters. The Kier molecular flexibility index (Phi) is 4.57. The van der Waals surface area contributed by atoms with E-state index in [2.05, 4.69) is 20.9 Å². The lowest BCUT2D eigenvalue weighted by Crippen LogP contribution is -2.41. The number of nitrogens with zero attached hydrogens (tertiary/aromatic N) is 3. The number of fused-ring (bicyclic) bond motifs is 1. The third-order valence-corrected chi connectivity index (χ3v) is 5.59. The van der Waals surface area contributed by atoms with E-state index < -0.39 is 5.25 Å². The van der Waals surface area contributed by atoms with Gasteiger partial charge in [0.1, 0.15) is 16.9 Å². The van der Waals surface area contributed by atoms with Crippen molar-refractivity contribution in [1.29, 1.82) is 0 Å². The summed E-state index contributed by atoms with van der Waals surface area (Å²) in [6.07, 6.45) is 0. The smallest absolute Gasteiger partial charge is 0.240 e. The van der Waals surface area contributed by atoms with Crippen LogP contribution >= 0.6 is 11.8 Å². The summed E-state index contributed by atoms with van der Waals surface area (Å²) in [5.74, 6) is 0.227. The number of hydrogen-bond donors (Lipinski definition) is 2. The quantitative estimate of drug-likeness (QED) is 0.725. The molecule has 0 saturated carbocycles. The van der Waals surface area contributed by atoms with Crippen molar-refractivity contribution in [2.75, 3.05) is 10.7 Å². The second kappa shape index (κ2) is 7.03. The number of carbonyl (C=O) groups excluding carboxylic acids is 1. The Balaban J connectivity index is 1.66. The van der Waals surface area contributed by atoms with E-state index in [1.807, 2.05) is 38.1 Å². The summed E-state index contributed by atoms with van der Waals surface area (Å²) in [7, 11) is 0. The molecule has 0 fully saturated rings. The topological polar surface area (TPSA) is 71.8 Å². The van der Waals surface area contributed by atoms with Crippen LogP contribution in [0.3, 0.4) is 0 Å². The fraction of sp³-hybridized carbons (Fsp3) is 0.211. The van der Waals surface area contributed by atoms with Gasteiger partial charge in [-0.05, 0) is 49.2 Å². The van der Waals surface area contributed by atoms with Gasteiger partial charge >= 0.3 is 0 Å². The van der Waals surface area contributed by atoms with Crippen LogP contribution in [-0.2, 0) is 4.79 Å². The highest BCUT2D eigenvalue weighted by molar-refractivity contribution is 8.00. The molecule has 0 aliphatic carbocycles. The summed E-state index contributed by atoms with van der Waals surface area (Å²) in [5, 5.41) is 11.3. The van der Waals surface area contributed by atoms with Crippen molar-refractivity contribution in [3.05, 3.63) is 71.3 Å². The molecule has 1 aliphatic heterocycles. The van der Waals surface area contributed by atoms with Crippen LogP contribution in [-0.4, -0.2) is 26.0 Å². The zero-order valence-corrected chi connectivity index (χ0v) is 15.6. The molecule has 138 valence electrons.